The number of aromatic hydroxyl groups is 1. The van der Waals surface area contributed by atoms with Crippen LogP contribution in [0.3, 0.4) is 0 Å². The van der Waals surface area contributed by atoms with Gasteiger partial charge in [0, 0.05) is 28.2 Å². The predicted molar refractivity (Wildman–Crippen MR) is 132 cm³/mol. The summed E-state index contributed by atoms with van der Waals surface area (Å²) in [7, 11) is 3.13. The average molecular weight is 500 g/mol. The van der Waals surface area contributed by atoms with E-state index in [0.29, 0.717) is 40.1 Å². The number of ether oxygens (including phenoxy) is 2. The molecule has 0 fully saturated rings. The van der Waals surface area contributed by atoms with Crippen LogP contribution in [0.25, 0.3) is 11.0 Å². The highest BCUT2D eigenvalue weighted by Crippen LogP contribution is 2.36. The molecule has 0 aliphatic carbocycles. The van der Waals surface area contributed by atoms with Crippen LogP contribution in [0.1, 0.15) is 11.3 Å². The van der Waals surface area contributed by atoms with Gasteiger partial charge in [0.1, 0.15) is 15.9 Å². The summed E-state index contributed by atoms with van der Waals surface area (Å²) in [6.45, 7) is 2.10. The van der Waals surface area contributed by atoms with E-state index >= 15 is 0 Å². The van der Waals surface area contributed by atoms with E-state index < -0.39 is 16.9 Å². The first-order valence-electron chi connectivity index (χ1n) is 10.4. The maximum atomic E-state index is 13.4. The van der Waals surface area contributed by atoms with E-state index in [0.717, 1.165) is 17.3 Å². The number of aromatic nitrogens is 1. The van der Waals surface area contributed by atoms with Gasteiger partial charge >= 0.3 is 5.63 Å². The fourth-order valence-corrected chi connectivity index (χ4v) is 4.84. The molecular formula is C25H22ClNO6S. The number of benzene rings is 2. The van der Waals surface area contributed by atoms with Crippen LogP contribution in [0.5, 0.6) is 17.2 Å². The van der Waals surface area contributed by atoms with Crippen LogP contribution in [0.15, 0.2) is 72.3 Å². The molecule has 4 rings (SSSR count). The van der Waals surface area contributed by atoms with Gasteiger partial charge in [-0.2, -0.15) is 0 Å². The largest absolute Gasteiger partial charge is 0.505 e. The number of methoxy groups -OCH3 is 2. The van der Waals surface area contributed by atoms with Gasteiger partial charge in [-0.3, -0.25) is 4.79 Å². The van der Waals surface area contributed by atoms with Gasteiger partial charge in [-0.25, -0.2) is 4.79 Å². The minimum absolute atomic E-state index is 0.0398. The van der Waals surface area contributed by atoms with E-state index in [2.05, 4.69) is 0 Å². The lowest BCUT2D eigenvalue weighted by Crippen LogP contribution is -2.24. The summed E-state index contributed by atoms with van der Waals surface area (Å²) in [4.78, 5) is 26.5. The third kappa shape index (κ3) is 4.64. The number of hydrogen-bond acceptors (Lipinski definition) is 7. The summed E-state index contributed by atoms with van der Waals surface area (Å²) in [5.41, 5.74) is 0.435. The third-order valence-corrected chi connectivity index (χ3v) is 6.69. The molecule has 0 spiro atoms. The van der Waals surface area contributed by atoms with E-state index in [1.807, 2.05) is 18.2 Å². The Morgan fingerprint density at radius 2 is 1.82 bits per heavy atom. The lowest BCUT2D eigenvalue weighted by atomic mass is 10.1. The highest BCUT2D eigenvalue weighted by atomic mass is 35.5. The summed E-state index contributed by atoms with van der Waals surface area (Å²) in [6, 6.07) is 14.0. The van der Waals surface area contributed by atoms with Gasteiger partial charge in [-0.05, 0) is 49.2 Å². The molecule has 7 nitrogen and oxygen atoms in total. The zero-order valence-electron chi connectivity index (χ0n) is 18.8. The Kier molecular flexibility index (Phi) is 6.90. The van der Waals surface area contributed by atoms with Crippen LogP contribution in [-0.4, -0.2) is 23.9 Å². The zero-order chi connectivity index (χ0) is 24.4. The van der Waals surface area contributed by atoms with Crippen molar-refractivity contribution in [2.24, 2.45) is 0 Å². The first kappa shape index (κ1) is 23.8. The number of aryl methyl sites for hydroxylation is 2. The fourth-order valence-electron chi connectivity index (χ4n) is 3.69. The second kappa shape index (κ2) is 9.87. The highest BCUT2D eigenvalue weighted by molar-refractivity contribution is 7.99. The number of fused-ring (bicyclic) bond motifs is 1. The number of hydrogen-bond donors (Lipinski definition) is 1. The molecule has 0 amide bonds. The Labute approximate surface area is 204 Å². The normalized spacial score (nSPS) is 11.1. The summed E-state index contributed by atoms with van der Waals surface area (Å²) in [6.07, 6.45) is 0.536. The Morgan fingerprint density at radius 1 is 1.06 bits per heavy atom. The van der Waals surface area contributed by atoms with Crippen LogP contribution in [0.2, 0.25) is 5.02 Å². The summed E-state index contributed by atoms with van der Waals surface area (Å²) >= 11 is 7.02. The molecule has 1 N–H and O–H groups in total. The quantitative estimate of drug-likeness (QED) is 0.381. The van der Waals surface area contributed by atoms with E-state index in [4.69, 9.17) is 25.5 Å². The molecule has 4 aromatic rings. The monoisotopic (exact) mass is 499 g/mol. The van der Waals surface area contributed by atoms with Gasteiger partial charge in [-0.15, -0.1) is 0 Å². The van der Waals surface area contributed by atoms with Crippen LogP contribution >= 0.6 is 23.4 Å². The summed E-state index contributed by atoms with van der Waals surface area (Å²) in [5.74, 6) is 0.820. The first-order chi connectivity index (χ1) is 16.3. The molecule has 0 aliphatic heterocycles. The van der Waals surface area contributed by atoms with Gasteiger partial charge in [0.15, 0.2) is 17.2 Å². The van der Waals surface area contributed by atoms with Gasteiger partial charge in [0.2, 0.25) is 0 Å². The zero-order valence-corrected chi connectivity index (χ0v) is 20.3. The number of halogens is 1. The molecule has 34 heavy (non-hydrogen) atoms. The number of nitrogens with zero attached hydrogens (tertiary/aromatic N) is 1. The maximum Gasteiger partial charge on any atom is 0.354 e. The standard InChI is InChI=1S/C25H22ClNO6S/c1-14-11-20-21(22(28)23(25(30)33-20)34-17-6-4-5-16(26)13-17)24(29)27(14)10-9-15-7-8-18(31-2)19(12-15)32-3/h4-8,11-13,28H,9-10H2,1-3H3. The van der Waals surface area contributed by atoms with Crippen molar-refractivity contribution >= 4 is 34.3 Å². The van der Waals surface area contributed by atoms with Crippen LogP contribution in [0, 0.1) is 6.92 Å². The molecule has 0 aliphatic rings. The Hall–Kier alpha value is -3.36. The van der Waals surface area contributed by atoms with Crippen molar-refractivity contribution in [3.05, 3.63) is 85.6 Å². The molecule has 176 valence electrons. The van der Waals surface area contributed by atoms with Crippen molar-refractivity contribution in [1.29, 1.82) is 0 Å². The van der Waals surface area contributed by atoms with Crippen LogP contribution < -0.4 is 20.7 Å². The summed E-state index contributed by atoms with van der Waals surface area (Å²) in [5, 5.41) is 11.4. The highest BCUT2D eigenvalue weighted by Gasteiger charge is 2.20. The lowest BCUT2D eigenvalue weighted by Gasteiger charge is -2.14. The topological polar surface area (TPSA) is 90.9 Å². The van der Waals surface area contributed by atoms with E-state index in [1.165, 1.54) is 0 Å². The minimum Gasteiger partial charge on any atom is -0.505 e. The first-order valence-corrected chi connectivity index (χ1v) is 11.6. The maximum absolute atomic E-state index is 13.4. The van der Waals surface area contributed by atoms with E-state index in [-0.39, 0.29) is 15.9 Å². The van der Waals surface area contributed by atoms with Gasteiger partial charge in [0.05, 0.1) is 14.2 Å². The van der Waals surface area contributed by atoms with Crippen LogP contribution in [0.4, 0.5) is 0 Å². The van der Waals surface area contributed by atoms with Gasteiger partial charge in [0.25, 0.3) is 5.56 Å². The summed E-state index contributed by atoms with van der Waals surface area (Å²) < 4.78 is 17.6. The molecule has 0 bridgehead atoms. The third-order valence-electron chi connectivity index (χ3n) is 5.40. The van der Waals surface area contributed by atoms with Gasteiger partial charge in [-0.1, -0.05) is 35.5 Å². The van der Waals surface area contributed by atoms with Crippen molar-refractivity contribution in [1.82, 2.24) is 4.57 Å². The average Bonchev–Trinajstić information content (AvgIpc) is 2.81. The smallest absolute Gasteiger partial charge is 0.354 e. The van der Waals surface area contributed by atoms with Crippen molar-refractivity contribution in [3.63, 3.8) is 0 Å². The number of pyridine rings is 1. The van der Waals surface area contributed by atoms with Crippen molar-refractivity contribution in [3.8, 4) is 17.2 Å². The van der Waals surface area contributed by atoms with Crippen molar-refractivity contribution < 1.29 is 19.0 Å². The molecular weight excluding hydrogens is 478 g/mol. The Bertz CT molecular complexity index is 1490. The molecule has 0 saturated carbocycles. The number of rotatable bonds is 7. The Balaban J connectivity index is 1.73. The minimum atomic E-state index is -0.725. The van der Waals surface area contributed by atoms with Gasteiger partial charge < -0.3 is 23.6 Å². The molecule has 0 unspecified atom stereocenters. The van der Waals surface area contributed by atoms with Crippen molar-refractivity contribution in [2.75, 3.05) is 14.2 Å². The molecule has 9 heteroatoms. The second-order valence-electron chi connectivity index (χ2n) is 7.55. The molecule has 2 aromatic heterocycles. The molecule has 2 aromatic carbocycles. The molecule has 0 atom stereocenters. The van der Waals surface area contributed by atoms with Crippen molar-refractivity contribution in [2.45, 2.75) is 29.7 Å². The predicted octanol–water partition coefficient (Wildman–Crippen LogP) is 5.03. The van der Waals surface area contributed by atoms with Crippen LogP contribution in [-0.2, 0) is 13.0 Å². The second-order valence-corrected chi connectivity index (χ2v) is 9.07. The lowest BCUT2D eigenvalue weighted by molar-refractivity contribution is 0.354. The molecule has 0 saturated heterocycles. The Morgan fingerprint density at radius 3 is 2.53 bits per heavy atom. The fraction of sp³-hybridized carbons (Fsp3) is 0.200. The molecule has 0 radical (unpaired) electrons. The van der Waals surface area contributed by atoms with E-state index in [1.54, 1.807) is 56.0 Å². The van der Waals surface area contributed by atoms with E-state index in [9.17, 15) is 14.7 Å². The molecule has 2 heterocycles. The SMILES string of the molecule is COc1ccc(CCn2c(C)cc3oc(=O)c(Sc4cccc(Cl)c4)c(O)c3c2=O)cc1OC.